The highest BCUT2D eigenvalue weighted by Crippen LogP contribution is 2.37. The lowest BCUT2D eigenvalue weighted by Gasteiger charge is -1.95. The van der Waals surface area contributed by atoms with Gasteiger partial charge in [-0.15, -0.1) is 11.3 Å². The van der Waals surface area contributed by atoms with Crippen molar-refractivity contribution in [1.29, 1.82) is 0 Å². The zero-order valence-electron chi connectivity index (χ0n) is 10.7. The molecule has 2 heterocycles. The van der Waals surface area contributed by atoms with Gasteiger partial charge in [0.2, 0.25) is 0 Å². The highest BCUT2D eigenvalue weighted by Gasteiger charge is 2.17. The highest BCUT2D eigenvalue weighted by atomic mass is 35.5. The summed E-state index contributed by atoms with van der Waals surface area (Å²) < 4.78 is 0. The second kappa shape index (κ2) is 5.97. The van der Waals surface area contributed by atoms with Crippen LogP contribution in [0, 0.1) is 0 Å². The van der Waals surface area contributed by atoms with Crippen LogP contribution in [0.2, 0.25) is 5.02 Å². The third-order valence-electron chi connectivity index (χ3n) is 2.89. The highest BCUT2D eigenvalue weighted by molar-refractivity contribution is 7.19. The van der Waals surface area contributed by atoms with Crippen LogP contribution in [0.5, 0.6) is 0 Å². The number of rotatable bonds is 4. The molecular weight excluding hydrogens is 326 g/mol. The van der Waals surface area contributed by atoms with E-state index in [-0.39, 0.29) is 6.42 Å². The Balaban J connectivity index is 2.07. The Morgan fingerprint density at radius 2 is 1.95 bits per heavy atom. The number of thiazole rings is 1. The minimum Gasteiger partial charge on any atom is -0.481 e. The number of aliphatic carboxylic acids is 1. The van der Waals surface area contributed by atoms with E-state index in [1.165, 1.54) is 11.3 Å². The van der Waals surface area contributed by atoms with Gasteiger partial charge < -0.3 is 5.11 Å². The molecule has 0 saturated carbocycles. The summed E-state index contributed by atoms with van der Waals surface area (Å²) in [6, 6.07) is 9.38. The fourth-order valence-corrected chi connectivity index (χ4v) is 3.88. The largest absolute Gasteiger partial charge is 0.481 e. The molecule has 0 radical (unpaired) electrons. The maximum atomic E-state index is 11.0. The molecular formula is C15H10ClNO2S2. The van der Waals surface area contributed by atoms with E-state index in [1.54, 1.807) is 23.5 Å². The van der Waals surface area contributed by atoms with E-state index in [0.717, 1.165) is 21.0 Å². The Bertz CT molecular complexity index is 764. The first-order valence-electron chi connectivity index (χ1n) is 6.13. The third-order valence-corrected chi connectivity index (χ3v) is 5.02. The topological polar surface area (TPSA) is 50.2 Å². The van der Waals surface area contributed by atoms with E-state index in [1.807, 2.05) is 29.0 Å². The molecule has 0 saturated heterocycles. The average Bonchev–Trinajstić information content (AvgIpc) is 3.08. The number of hydrogen-bond donors (Lipinski definition) is 1. The molecule has 0 aliphatic carbocycles. The van der Waals surface area contributed by atoms with Crippen molar-refractivity contribution in [1.82, 2.24) is 4.98 Å². The maximum absolute atomic E-state index is 11.0. The zero-order chi connectivity index (χ0) is 14.8. The molecule has 106 valence electrons. The molecule has 3 nitrogen and oxygen atoms in total. The summed E-state index contributed by atoms with van der Waals surface area (Å²) in [5, 5.41) is 14.5. The maximum Gasteiger partial charge on any atom is 0.309 e. The van der Waals surface area contributed by atoms with Crippen LogP contribution in [0.3, 0.4) is 0 Å². The van der Waals surface area contributed by atoms with Crippen LogP contribution in [-0.2, 0) is 11.2 Å². The lowest BCUT2D eigenvalue weighted by molar-refractivity contribution is -0.136. The van der Waals surface area contributed by atoms with Crippen molar-refractivity contribution in [3.8, 4) is 21.0 Å². The van der Waals surface area contributed by atoms with Gasteiger partial charge in [0.05, 0.1) is 17.0 Å². The number of carboxylic acids is 1. The molecule has 2 aromatic heterocycles. The first-order valence-corrected chi connectivity index (χ1v) is 8.27. The van der Waals surface area contributed by atoms with Crippen molar-refractivity contribution in [2.75, 3.05) is 0 Å². The van der Waals surface area contributed by atoms with Gasteiger partial charge in [0.1, 0.15) is 5.01 Å². The van der Waals surface area contributed by atoms with E-state index in [9.17, 15) is 4.79 Å². The van der Waals surface area contributed by atoms with Crippen LogP contribution in [-0.4, -0.2) is 16.1 Å². The Hall–Kier alpha value is -1.69. The molecule has 0 spiro atoms. The van der Waals surface area contributed by atoms with E-state index < -0.39 is 5.97 Å². The Morgan fingerprint density at radius 1 is 1.19 bits per heavy atom. The average molecular weight is 336 g/mol. The lowest BCUT2D eigenvalue weighted by atomic mass is 10.2. The van der Waals surface area contributed by atoms with Crippen molar-refractivity contribution in [2.45, 2.75) is 6.42 Å². The minimum atomic E-state index is -0.876. The standard InChI is InChI=1S/C15H10ClNO2S2/c16-11-3-1-9(2-4-11)15-17-12(7-13(18)19)14(21-15)10-5-6-20-8-10/h1-6,8H,7H2,(H,18,19). The van der Waals surface area contributed by atoms with E-state index in [4.69, 9.17) is 16.7 Å². The van der Waals surface area contributed by atoms with Gasteiger partial charge in [0.15, 0.2) is 0 Å². The molecule has 0 aliphatic heterocycles. The van der Waals surface area contributed by atoms with Gasteiger partial charge in [0.25, 0.3) is 0 Å². The first kappa shape index (κ1) is 14.3. The lowest BCUT2D eigenvalue weighted by Crippen LogP contribution is -2.01. The molecule has 0 atom stereocenters. The van der Waals surface area contributed by atoms with Gasteiger partial charge >= 0.3 is 5.97 Å². The first-order chi connectivity index (χ1) is 10.1. The van der Waals surface area contributed by atoms with Crippen LogP contribution < -0.4 is 0 Å². The normalized spacial score (nSPS) is 10.7. The van der Waals surface area contributed by atoms with Gasteiger partial charge in [-0.3, -0.25) is 4.79 Å². The Labute approximate surface area is 134 Å². The summed E-state index contributed by atoms with van der Waals surface area (Å²) in [7, 11) is 0. The van der Waals surface area contributed by atoms with Crippen LogP contribution >= 0.6 is 34.3 Å². The quantitative estimate of drug-likeness (QED) is 0.743. The molecule has 21 heavy (non-hydrogen) atoms. The number of benzene rings is 1. The van der Waals surface area contributed by atoms with Crippen molar-refractivity contribution in [3.63, 3.8) is 0 Å². The molecule has 0 amide bonds. The molecule has 6 heteroatoms. The summed E-state index contributed by atoms with van der Waals surface area (Å²) in [5.41, 5.74) is 2.57. The predicted molar refractivity (Wildman–Crippen MR) is 87.2 cm³/mol. The molecule has 3 rings (SSSR count). The molecule has 0 bridgehead atoms. The summed E-state index contributed by atoms with van der Waals surface area (Å²) in [4.78, 5) is 16.5. The predicted octanol–water partition coefficient (Wildman–Crippen LogP) is 4.82. The van der Waals surface area contributed by atoms with E-state index >= 15 is 0 Å². The van der Waals surface area contributed by atoms with Crippen molar-refractivity contribution in [2.24, 2.45) is 0 Å². The number of carbonyl (C=O) groups is 1. The molecule has 0 aliphatic rings. The van der Waals surface area contributed by atoms with Gasteiger partial charge in [-0.2, -0.15) is 11.3 Å². The van der Waals surface area contributed by atoms with Crippen molar-refractivity contribution in [3.05, 3.63) is 51.8 Å². The van der Waals surface area contributed by atoms with Crippen LogP contribution in [0.1, 0.15) is 5.69 Å². The third kappa shape index (κ3) is 3.15. The van der Waals surface area contributed by atoms with Gasteiger partial charge in [-0.1, -0.05) is 23.7 Å². The van der Waals surface area contributed by atoms with Crippen molar-refractivity contribution < 1.29 is 9.90 Å². The van der Waals surface area contributed by atoms with E-state index in [2.05, 4.69) is 4.98 Å². The second-order valence-electron chi connectivity index (χ2n) is 4.38. The Morgan fingerprint density at radius 3 is 2.57 bits per heavy atom. The fourth-order valence-electron chi connectivity index (χ4n) is 1.95. The smallest absolute Gasteiger partial charge is 0.309 e. The number of halogens is 1. The molecule has 3 aromatic rings. The molecule has 0 fully saturated rings. The zero-order valence-corrected chi connectivity index (χ0v) is 13.1. The fraction of sp³-hybridized carbons (Fsp3) is 0.0667. The summed E-state index contributed by atoms with van der Waals surface area (Å²) in [5.74, 6) is -0.876. The van der Waals surface area contributed by atoms with Gasteiger partial charge in [-0.25, -0.2) is 4.98 Å². The number of hydrogen-bond acceptors (Lipinski definition) is 4. The number of nitrogens with zero attached hydrogens (tertiary/aromatic N) is 1. The minimum absolute atomic E-state index is 0.0741. The Kier molecular flexibility index (Phi) is 4.05. The van der Waals surface area contributed by atoms with Gasteiger partial charge in [-0.05, 0) is 29.0 Å². The number of aromatic nitrogens is 1. The monoisotopic (exact) mass is 335 g/mol. The second-order valence-corrected chi connectivity index (χ2v) is 6.60. The molecule has 1 N–H and O–H groups in total. The van der Waals surface area contributed by atoms with Crippen LogP contribution in [0.25, 0.3) is 21.0 Å². The van der Waals surface area contributed by atoms with Gasteiger partial charge in [0, 0.05) is 16.1 Å². The number of thiophene rings is 1. The van der Waals surface area contributed by atoms with E-state index in [0.29, 0.717) is 10.7 Å². The number of carboxylic acid groups (broad SMARTS) is 1. The van der Waals surface area contributed by atoms with Crippen LogP contribution in [0.4, 0.5) is 0 Å². The molecule has 1 aromatic carbocycles. The SMILES string of the molecule is O=C(O)Cc1nc(-c2ccc(Cl)cc2)sc1-c1ccsc1. The van der Waals surface area contributed by atoms with Crippen molar-refractivity contribution >= 4 is 40.2 Å². The summed E-state index contributed by atoms with van der Waals surface area (Å²) in [6.45, 7) is 0. The molecule has 0 unspecified atom stereocenters. The summed E-state index contributed by atoms with van der Waals surface area (Å²) >= 11 is 8.98. The van der Waals surface area contributed by atoms with Crippen LogP contribution in [0.15, 0.2) is 41.1 Å². The summed E-state index contributed by atoms with van der Waals surface area (Å²) in [6.07, 6.45) is -0.0741.